The first-order chi connectivity index (χ1) is 4.64. The van der Waals surface area contributed by atoms with Crippen molar-refractivity contribution in [3.63, 3.8) is 0 Å². The summed E-state index contributed by atoms with van der Waals surface area (Å²) < 4.78 is 0. The van der Waals surface area contributed by atoms with Crippen LogP contribution < -0.4 is 0 Å². The first-order valence-corrected chi connectivity index (χ1v) is 17.0. The molecule has 0 aromatic carbocycles. The average Bonchev–Trinajstić information content (AvgIpc) is 1.59. The number of carbonyl (C=O) groups excluding carboxylic acids is 1. The van der Waals surface area contributed by atoms with E-state index in [1.54, 1.807) is 14.1 Å². The molecule has 0 radical (unpaired) electrons. The number of nitrogens with zero attached hydrogens (tertiary/aromatic N) is 1. The minimum absolute atomic E-state index is 0.0926. The molecule has 0 aliphatic carbocycles. The van der Waals surface area contributed by atoms with Gasteiger partial charge in [0.1, 0.15) is 0 Å². The van der Waals surface area contributed by atoms with Gasteiger partial charge in [-0.2, -0.15) is 0 Å². The van der Waals surface area contributed by atoms with Crippen LogP contribution in [0.5, 0.6) is 0 Å². The maximum atomic E-state index is 10.1. The number of carbonyl (C=O) groups is 1. The zero-order valence-corrected chi connectivity index (χ0v) is 12.2. The molecule has 0 spiro atoms. The molecule has 1 amide bonds. The number of rotatable bonds is 0. The number of amides is 1. The van der Waals surface area contributed by atoms with Crippen LogP contribution in [0.25, 0.3) is 0 Å². The van der Waals surface area contributed by atoms with Gasteiger partial charge in [0.2, 0.25) is 5.91 Å². The molecule has 0 N–H and O–H groups in total. The molecule has 11 heavy (non-hydrogen) atoms. The summed E-state index contributed by atoms with van der Waals surface area (Å²) in [7, 11) is 23.6. The molecule has 0 aliphatic heterocycles. The van der Waals surface area contributed by atoms with Crippen LogP contribution in [0, 0.1) is 0 Å². The summed E-state index contributed by atoms with van der Waals surface area (Å²) >= 11 is -3.29. The van der Waals surface area contributed by atoms with E-state index >= 15 is 0 Å². The van der Waals surface area contributed by atoms with Crippen molar-refractivity contribution in [3.05, 3.63) is 0 Å². The van der Waals surface area contributed by atoms with E-state index in [-0.39, 0.29) is 5.91 Å². The van der Waals surface area contributed by atoms with Crippen LogP contribution in [0.15, 0.2) is 0 Å². The Morgan fingerprint density at radius 1 is 1.18 bits per heavy atom. The molecule has 0 bridgehead atoms. The van der Waals surface area contributed by atoms with Gasteiger partial charge in [-0.3, -0.25) is 4.79 Å². The van der Waals surface area contributed by atoms with Crippen molar-refractivity contribution in [2.45, 2.75) is 6.92 Å². The Bertz CT molecular complexity index is 118. The summed E-state index contributed by atoms with van der Waals surface area (Å²) in [5.74, 6) is 0.0926. The molecule has 0 aromatic rings. The fraction of sp³-hybridized carbons (Fsp3) is 0.750. The topological polar surface area (TPSA) is 20.3 Å². The summed E-state index contributed by atoms with van der Waals surface area (Å²) in [5, 5.41) is 0. The molecule has 0 aromatic heterocycles. The summed E-state index contributed by atoms with van der Waals surface area (Å²) in [4.78, 5) is 11.6. The maximum absolute atomic E-state index is 10.1. The number of hydrogen-bond donors (Lipinski definition) is 0. The van der Waals surface area contributed by atoms with Crippen LogP contribution in [0.4, 0.5) is 0 Å². The Morgan fingerprint density at radius 2 is 1.27 bits per heavy atom. The van der Waals surface area contributed by atoms with Crippen molar-refractivity contribution in [3.8, 4) is 0 Å². The van der Waals surface area contributed by atoms with Gasteiger partial charge in [-0.05, 0) is 0 Å². The van der Waals surface area contributed by atoms with Crippen molar-refractivity contribution in [1.29, 1.82) is 0 Å². The molecule has 0 heterocycles. The van der Waals surface area contributed by atoms with Crippen LogP contribution in [0.1, 0.15) is 6.92 Å². The molecule has 0 aliphatic rings. The van der Waals surface area contributed by atoms with Crippen LogP contribution in [-0.4, -0.2) is 38.8 Å². The fourth-order valence-electron chi connectivity index (χ4n) is 0. The van der Waals surface area contributed by atoms with E-state index in [0.29, 0.717) is 0 Å². The number of hydrogen-bond acceptors (Lipinski definition) is 1. The summed E-state index contributed by atoms with van der Waals surface area (Å²) in [5.41, 5.74) is 0. The third-order valence-electron chi connectivity index (χ3n) is 0.630. The van der Waals surface area contributed by atoms with Gasteiger partial charge in [-0.1, -0.05) is 0 Å². The molecular weight excluding hydrogens is 339 g/mol. The third kappa shape index (κ3) is 34.5. The second-order valence-electron chi connectivity index (χ2n) is 1.84. The van der Waals surface area contributed by atoms with Crippen LogP contribution >= 0.6 is 35.7 Å². The van der Waals surface area contributed by atoms with Crippen molar-refractivity contribution in [2.24, 2.45) is 0 Å². The molecule has 7 heteroatoms. The number of halogens is 4. The molecule has 0 atom stereocenters. The predicted octanol–water partition coefficient (Wildman–Crippen LogP) is 2.47. The van der Waals surface area contributed by atoms with E-state index in [0.717, 1.165) is 0 Å². The standard InChI is InChI=1S/C4H9NO.4ClH.Sn/c1-4(6)5(2)3;;;;;/h1-3H3;4*1H;/q;;;;;+4/p-4. The zero-order valence-electron chi connectivity index (χ0n) is 6.37. The first-order valence-electron chi connectivity index (χ1n) is 2.58. The van der Waals surface area contributed by atoms with Crippen molar-refractivity contribution >= 4 is 55.5 Å². The van der Waals surface area contributed by atoms with Gasteiger partial charge >= 0.3 is 49.6 Å². The summed E-state index contributed by atoms with van der Waals surface area (Å²) in [6.07, 6.45) is 0. The quantitative estimate of drug-likeness (QED) is 0.617. The van der Waals surface area contributed by atoms with Crippen molar-refractivity contribution < 1.29 is 4.79 Å². The van der Waals surface area contributed by atoms with E-state index in [2.05, 4.69) is 0 Å². The van der Waals surface area contributed by atoms with Gasteiger partial charge in [-0.15, -0.1) is 0 Å². The predicted molar refractivity (Wildman–Crippen MR) is 53.5 cm³/mol. The Kier molecular flexibility index (Phi) is 9.35. The SMILES string of the molecule is CC(=O)N(C)C.[Cl][Sn]([Cl])([Cl])[Cl]. The first kappa shape index (κ1) is 14.9. The van der Waals surface area contributed by atoms with E-state index in [1.165, 1.54) is 11.8 Å². The van der Waals surface area contributed by atoms with Crippen molar-refractivity contribution in [2.75, 3.05) is 14.1 Å². The van der Waals surface area contributed by atoms with Gasteiger partial charge in [0.15, 0.2) is 0 Å². The molecule has 0 fully saturated rings. The van der Waals surface area contributed by atoms with Gasteiger partial charge < -0.3 is 4.90 Å². The second kappa shape index (κ2) is 6.89. The molecular formula is C4H9Cl4NOSn. The van der Waals surface area contributed by atoms with Crippen LogP contribution in [-0.2, 0) is 4.79 Å². The van der Waals surface area contributed by atoms with Gasteiger partial charge in [-0.25, -0.2) is 0 Å². The van der Waals surface area contributed by atoms with Gasteiger partial charge in [0, 0.05) is 21.0 Å². The minimum atomic E-state index is -3.29. The third-order valence-corrected chi connectivity index (χ3v) is 0.630. The van der Waals surface area contributed by atoms with Gasteiger partial charge in [0.05, 0.1) is 0 Å². The normalized spacial score (nSPS) is 9.73. The molecule has 0 unspecified atom stereocenters. The zero-order chi connectivity index (χ0) is 9.65. The van der Waals surface area contributed by atoms with E-state index < -0.39 is 13.9 Å². The molecule has 68 valence electrons. The van der Waals surface area contributed by atoms with Crippen molar-refractivity contribution in [1.82, 2.24) is 4.90 Å². The Morgan fingerprint density at radius 3 is 1.27 bits per heavy atom. The molecule has 0 saturated carbocycles. The van der Waals surface area contributed by atoms with Crippen LogP contribution in [0.3, 0.4) is 0 Å². The fourth-order valence-corrected chi connectivity index (χ4v) is 0. The van der Waals surface area contributed by atoms with E-state index in [4.69, 9.17) is 35.7 Å². The van der Waals surface area contributed by atoms with E-state index in [1.807, 2.05) is 0 Å². The summed E-state index contributed by atoms with van der Waals surface area (Å²) in [6.45, 7) is 1.53. The monoisotopic (exact) mass is 347 g/mol. The second-order valence-corrected chi connectivity index (χ2v) is 27.3. The van der Waals surface area contributed by atoms with E-state index in [9.17, 15) is 4.79 Å². The Labute approximate surface area is 85.5 Å². The summed E-state index contributed by atoms with van der Waals surface area (Å²) in [6, 6.07) is 0. The van der Waals surface area contributed by atoms with Crippen LogP contribution in [0.2, 0.25) is 0 Å². The average molecular weight is 348 g/mol. The Hall–Kier alpha value is 1.43. The molecule has 2 nitrogen and oxygen atoms in total. The van der Waals surface area contributed by atoms with Gasteiger partial charge in [0.25, 0.3) is 0 Å². The Balaban J connectivity index is 0. The molecule has 0 saturated heterocycles. The molecule has 0 rings (SSSR count).